The molecule has 1 N–H and O–H groups in total. The highest BCUT2D eigenvalue weighted by molar-refractivity contribution is 5.03. The Hall–Kier alpha value is -0.830. The maximum absolute atomic E-state index is 4.29. The van der Waals surface area contributed by atoms with Crippen molar-refractivity contribution in [2.45, 2.75) is 71.3 Å². The second kappa shape index (κ2) is 7.44. The predicted molar refractivity (Wildman–Crippen MR) is 89.3 cm³/mol. The summed E-state index contributed by atoms with van der Waals surface area (Å²) in [6.45, 7) is 8.00. The van der Waals surface area contributed by atoms with Crippen LogP contribution in [0.3, 0.4) is 0 Å². The fourth-order valence-corrected chi connectivity index (χ4v) is 3.50. The number of rotatable bonds is 5. The third-order valence-corrected chi connectivity index (χ3v) is 4.77. The SMILES string of the molecule is Cn1cc(CCC2CCCCCC2CNC(C)(C)C)cn1. The van der Waals surface area contributed by atoms with Crippen molar-refractivity contribution < 1.29 is 0 Å². The number of aryl methyl sites for hydroxylation is 2. The Morgan fingerprint density at radius 3 is 2.52 bits per heavy atom. The van der Waals surface area contributed by atoms with E-state index in [1.54, 1.807) is 0 Å². The molecule has 2 unspecified atom stereocenters. The van der Waals surface area contributed by atoms with E-state index in [0.29, 0.717) is 0 Å². The molecule has 1 aliphatic carbocycles. The normalized spacial score (nSPS) is 24.0. The molecule has 2 rings (SSSR count). The second-order valence-electron chi connectivity index (χ2n) is 7.85. The van der Waals surface area contributed by atoms with E-state index in [1.807, 2.05) is 17.9 Å². The molecule has 0 bridgehead atoms. The minimum absolute atomic E-state index is 0.236. The quantitative estimate of drug-likeness (QED) is 0.833. The number of hydrogen-bond acceptors (Lipinski definition) is 2. The van der Waals surface area contributed by atoms with Gasteiger partial charge in [-0.1, -0.05) is 25.7 Å². The Morgan fingerprint density at radius 2 is 1.90 bits per heavy atom. The summed E-state index contributed by atoms with van der Waals surface area (Å²) in [5.74, 6) is 1.73. The summed E-state index contributed by atoms with van der Waals surface area (Å²) in [6.07, 6.45) is 13.8. The van der Waals surface area contributed by atoms with Gasteiger partial charge in [0, 0.05) is 18.8 Å². The van der Waals surface area contributed by atoms with E-state index >= 15 is 0 Å². The monoisotopic (exact) mass is 291 g/mol. The third kappa shape index (κ3) is 5.82. The van der Waals surface area contributed by atoms with Gasteiger partial charge in [-0.25, -0.2) is 0 Å². The van der Waals surface area contributed by atoms with E-state index in [0.717, 1.165) is 11.8 Å². The summed E-state index contributed by atoms with van der Waals surface area (Å²) in [7, 11) is 2.01. The van der Waals surface area contributed by atoms with Gasteiger partial charge in [0.05, 0.1) is 6.20 Å². The van der Waals surface area contributed by atoms with Gasteiger partial charge in [-0.3, -0.25) is 4.68 Å². The summed E-state index contributed by atoms with van der Waals surface area (Å²) in [5, 5.41) is 8.03. The molecule has 0 radical (unpaired) electrons. The molecule has 1 aliphatic rings. The van der Waals surface area contributed by atoms with Crippen molar-refractivity contribution >= 4 is 0 Å². The van der Waals surface area contributed by atoms with Gasteiger partial charge in [-0.15, -0.1) is 0 Å². The van der Waals surface area contributed by atoms with Gasteiger partial charge in [-0.2, -0.15) is 5.10 Å². The molecule has 1 heterocycles. The van der Waals surface area contributed by atoms with Crippen LogP contribution in [0.4, 0.5) is 0 Å². The Bertz CT molecular complexity index is 416. The molecule has 0 spiro atoms. The first-order chi connectivity index (χ1) is 9.94. The van der Waals surface area contributed by atoms with Crippen LogP contribution in [-0.2, 0) is 13.5 Å². The van der Waals surface area contributed by atoms with Crippen molar-refractivity contribution in [3.8, 4) is 0 Å². The Labute approximate surface area is 130 Å². The number of hydrogen-bond donors (Lipinski definition) is 1. The third-order valence-electron chi connectivity index (χ3n) is 4.77. The molecule has 0 amide bonds. The second-order valence-corrected chi connectivity index (χ2v) is 7.85. The molecule has 1 aromatic heterocycles. The van der Waals surface area contributed by atoms with E-state index in [4.69, 9.17) is 0 Å². The minimum Gasteiger partial charge on any atom is -0.312 e. The molecule has 1 fully saturated rings. The standard InChI is InChI=1S/C18H33N3/c1-18(2,3)19-13-17-9-7-5-6-8-16(17)11-10-15-12-20-21(4)14-15/h12,14,16-17,19H,5-11,13H2,1-4H3. The molecule has 0 saturated heterocycles. The van der Waals surface area contributed by atoms with E-state index in [9.17, 15) is 0 Å². The van der Waals surface area contributed by atoms with Crippen LogP contribution < -0.4 is 5.32 Å². The molecular weight excluding hydrogens is 258 g/mol. The predicted octanol–water partition coefficient (Wildman–Crippen LogP) is 3.94. The molecular formula is C18H33N3. The zero-order valence-electron chi connectivity index (χ0n) is 14.4. The number of nitrogens with one attached hydrogen (secondary N) is 1. The van der Waals surface area contributed by atoms with Crippen LogP contribution in [-0.4, -0.2) is 21.9 Å². The molecule has 2 atom stereocenters. The Morgan fingerprint density at radius 1 is 1.19 bits per heavy atom. The first kappa shape index (κ1) is 16.5. The molecule has 3 heteroatoms. The van der Waals surface area contributed by atoms with Crippen LogP contribution in [0.1, 0.15) is 64.9 Å². The lowest BCUT2D eigenvalue weighted by molar-refractivity contribution is 0.259. The van der Waals surface area contributed by atoms with Gasteiger partial charge in [0.1, 0.15) is 0 Å². The van der Waals surface area contributed by atoms with Crippen LogP contribution in [0.25, 0.3) is 0 Å². The molecule has 0 aromatic carbocycles. The van der Waals surface area contributed by atoms with E-state index in [1.165, 1.54) is 57.1 Å². The van der Waals surface area contributed by atoms with Crippen LogP contribution in [0, 0.1) is 11.8 Å². The molecule has 1 saturated carbocycles. The van der Waals surface area contributed by atoms with Crippen LogP contribution >= 0.6 is 0 Å². The van der Waals surface area contributed by atoms with Gasteiger partial charge in [0.2, 0.25) is 0 Å². The summed E-state index contributed by atoms with van der Waals surface area (Å²) in [6, 6.07) is 0. The molecule has 0 aliphatic heterocycles. The average molecular weight is 291 g/mol. The summed E-state index contributed by atoms with van der Waals surface area (Å²) in [5.41, 5.74) is 1.63. The van der Waals surface area contributed by atoms with E-state index in [-0.39, 0.29) is 5.54 Å². The lowest BCUT2D eigenvalue weighted by Crippen LogP contribution is -2.40. The van der Waals surface area contributed by atoms with Crippen molar-refractivity contribution in [2.24, 2.45) is 18.9 Å². The Balaban J connectivity index is 1.88. The molecule has 21 heavy (non-hydrogen) atoms. The fraction of sp³-hybridized carbons (Fsp3) is 0.833. The summed E-state index contributed by atoms with van der Waals surface area (Å²) >= 11 is 0. The van der Waals surface area contributed by atoms with Crippen molar-refractivity contribution in [1.82, 2.24) is 15.1 Å². The van der Waals surface area contributed by atoms with Crippen LogP contribution in [0.15, 0.2) is 12.4 Å². The largest absolute Gasteiger partial charge is 0.312 e. The Kier molecular flexibility index (Phi) is 5.86. The summed E-state index contributed by atoms with van der Waals surface area (Å²) in [4.78, 5) is 0. The van der Waals surface area contributed by atoms with Gasteiger partial charge < -0.3 is 5.32 Å². The zero-order chi connectivity index (χ0) is 15.3. The number of aromatic nitrogens is 2. The van der Waals surface area contributed by atoms with Crippen molar-refractivity contribution in [3.05, 3.63) is 18.0 Å². The first-order valence-electron chi connectivity index (χ1n) is 8.66. The van der Waals surface area contributed by atoms with Gasteiger partial charge >= 0.3 is 0 Å². The topological polar surface area (TPSA) is 29.9 Å². The van der Waals surface area contributed by atoms with Crippen molar-refractivity contribution in [2.75, 3.05) is 6.54 Å². The summed E-state index contributed by atoms with van der Waals surface area (Å²) < 4.78 is 1.92. The van der Waals surface area contributed by atoms with Crippen molar-refractivity contribution in [3.63, 3.8) is 0 Å². The highest BCUT2D eigenvalue weighted by atomic mass is 15.2. The van der Waals surface area contributed by atoms with Gasteiger partial charge in [-0.05, 0) is 64.0 Å². The smallest absolute Gasteiger partial charge is 0.0521 e. The fourth-order valence-electron chi connectivity index (χ4n) is 3.50. The lowest BCUT2D eigenvalue weighted by atomic mass is 9.83. The lowest BCUT2D eigenvalue weighted by Gasteiger charge is -2.29. The zero-order valence-corrected chi connectivity index (χ0v) is 14.4. The highest BCUT2D eigenvalue weighted by Crippen LogP contribution is 2.32. The number of nitrogens with zero attached hydrogens (tertiary/aromatic N) is 2. The first-order valence-corrected chi connectivity index (χ1v) is 8.66. The van der Waals surface area contributed by atoms with Gasteiger partial charge in [0.25, 0.3) is 0 Å². The van der Waals surface area contributed by atoms with E-state index in [2.05, 4.69) is 37.4 Å². The molecule has 3 nitrogen and oxygen atoms in total. The van der Waals surface area contributed by atoms with Gasteiger partial charge in [0.15, 0.2) is 0 Å². The highest BCUT2D eigenvalue weighted by Gasteiger charge is 2.24. The van der Waals surface area contributed by atoms with Crippen LogP contribution in [0.2, 0.25) is 0 Å². The van der Waals surface area contributed by atoms with Crippen LogP contribution in [0.5, 0.6) is 0 Å². The maximum atomic E-state index is 4.29. The maximum Gasteiger partial charge on any atom is 0.0521 e. The van der Waals surface area contributed by atoms with Crippen molar-refractivity contribution in [1.29, 1.82) is 0 Å². The molecule has 120 valence electrons. The minimum atomic E-state index is 0.236. The van der Waals surface area contributed by atoms with E-state index < -0.39 is 0 Å². The average Bonchev–Trinajstić information content (AvgIpc) is 2.69. The molecule has 1 aromatic rings.